The largest absolute Gasteiger partial charge is 0.375 e. The molecule has 0 radical (unpaired) electrons. The van der Waals surface area contributed by atoms with E-state index < -0.39 is 0 Å². The Kier molecular flexibility index (Phi) is 6.99. The van der Waals surface area contributed by atoms with Gasteiger partial charge in [-0.25, -0.2) is 4.98 Å². The van der Waals surface area contributed by atoms with Crippen LogP contribution in [0.4, 0.5) is 11.8 Å². The van der Waals surface area contributed by atoms with Crippen LogP contribution in [0.1, 0.15) is 37.4 Å². The van der Waals surface area contributed by atoms with E-state index in [1.165, 1.54) is 5.56 Å². The molecule has 1 aliphatic rings. The zero-order valence-corrected chi connectivity index (χ0v) is 18.7. The third kappa shape index (κ3) is 5.32. The molecule has 1 unspecified atom stereocenters. The molecule has 6 heteroatoms. The number of nitrogens with zero attached hydrogens (tertiary/aromatic N) is 3. The summed E-state index contributed by atoms with van der Waals surface area (Å²) in [6.45, 7) is 0.837. The second-order valence-electron chi connectivity index (χ2n) is 8.52. The number of hydrogen-bond donors (Lipinski definition) is 2. The van der Waals surface area contributed by atoms with Crippen molar-refractivity contribution in [2.45, 2.75) is 43.9 Å². The molecule has 0 saturated heterocycles. The Bertz CT molecular complexity index is 970. The first kappa shape index (κ1) is 21.5. The van der Waals surface area contributed by atoms with Crippen LogP contribution in [0.2, 0.25) is 0 Å². The molecule has 31 heavy (non-hydrogen) atoms. The van der Waals surface area contributed by atoms with Gasteiger partial charge in [0.05, 0.1) is 11.6 Å². The Hall–Kier alpha value is -2.70. The van der Waals surface area contributed by atoms with Crippen molar-refractivity contribution in [3.63, 3.8) is 0 Å². The van der Waals surface area contributed by atoms with Gasteiger partial charge < -0.3 is 20.3 Å². The number of para-hydroxylation sites is 1. The first-order valence-corrected chi connectivity index (χ1v) is 11.2. The Morgan fingerprint density at radius 1 is 0.935 bits per heavy atom. The summed E-state index contributed by atoms with van der Waals surface area (Å²) in [4.78, 5) is 11.6. The summed E-state index contributed by atoms with van der Waals surface area (Å²) in [7, 11) is 5.84. The van der Waals surface area contributed by atoms with Gasteiger partial charge in [-0.2, -0.15) is 4.98 Å². The fourth-order valence-electron chi connectivity index (χ4n) is 4.37. The predicted molar refractivity (Wildman–Crippen MR) is 128 cm³/mol. The van der Waals surface area contributed by atoms with Gasteiger partial charge in [0, 0.05) is 45.2 Å². The molecule has 0 amide bonds. The number of nitrogens with one attached hydrogen (secondary N) is 2. The van der Waals surface area contributed by atoms with Crippen LogP contribution in [0.15, 0.2) is 54.6 Å². The Morgan fingerprint density at radius 2 is 1.61 bits per heavy atom. The molecule has 0 bridgehead atoms. The van der Waals surface area contributed by atoms with Crippen LogP contribution in [0, 0.1) is 0 Å². The number of methoxy groups -OCH3 is 1. The molecule has 6 nitrogen and oxygen atoms in total. The van der Waals surface area contributed by atoms with Gasteiger partial charge in [-0.3, -0.25) is 0 Å². The van der Waals surface area contributed by atoms with Gasteiger partial charge in [0.2, 0.25) is 5.95 Å². The number of aromatic nitrogens is 2. The highest BCUT2D eigenvalue weighted by atomic mass is 16.5. The lowest BCUT2D eigenvalue weighted by molar-refractivity contribution is 0.0974. The number of rotatable bonds is 8. The van der Waals surface area contributed by atoms with Crippen LogP contribution in [0.3, 0.4) is 0 Å². The normalized spacial score (nSPS) is 19.8. The molecule has 0 aliphatic heterocycles. The second-order valence-corrected chi connectivity index (χ2v) is 8.52. The average molecular weight is 420 g/mol. The minimum absolute atomic E-state index is 0.0903. The van der Waals surface area contributed by atoms with Crippen molar-refractivity contribution >= 4 is 22.7 Å². The van der Waals surface area contributed by atoms with Crippen LogP contribution in [0.25, 0.3) is 10.9 Å². The minimum Gasteiger partial charge on any atom is -0.375 e. The molecular weight excluding hydrogens is 386 g/mol. The van der Waals surface area contributed by atoms with Crippen molar-refractivity contribution in [1.82, 2.24) is 15.3 Å². The highest BCUT2D eigenvalue weighted by molar-refractivity contribution is 5.90. The zero-order chi connectivity index (χ0) is 21.6. The summed E-state index contributed by atoms with van der Waals surface area (Å²) >= 11 is 0. The summed E-state index contributed by atoms with van der Waals surface area (Å²) in [6, 6.07) is 19.5. The van der Waals surface area contributed by atoms with E-state index in [4.69, 9.17) is 14.7 Å². The molecule has 2 N–H and O–H groups in total. The van der Waals surface area contributed by atoms with E-state index in [1.54, 1.807) is 7.11 Å². The summed E-state index contributed by atoms with van der Waals surface area (Å²) in [5, 5.41) is 8.38. The SMILES string of the molecule is COC(CNC1CCC(Nc2nc(N(C)C)c3ccccc3n2)CC1)c1ccccc1. The molecule has 164 valence electrons. The van der Waals surface area contributed by atoms with Crippen molar-refractivity contribution in [3.8, 4) is 0 Å². The van der Waals surface area contributed by atoms with Crippen molar-refractivity contribution in [3.05, 3.63) is 60.2 Å². The van der Waals surface area contributed by atoms with E-state index in [2.05, 4.69) is 51.9 Å². The maximum Gasteiger partial charge on any atom is 0.225 e. The van der Waals surface area contributed by atoms with Crippen molar-refractivity contribution in [1.29, 1.82) is 0 Å². The van der Waals surface area contributed by atoms with Crippen LogP contribution in [0.5, 0.6) is 0 Å². The average Bonchev–Trinajstić information content (AvgIpc) is 2.80. The van der Waals surface area contributed by atoms with Crippen molar-refractivity contribution in [2.75, 3.05) is 38.0 Å². The molecule has 1 aromatic heterocycles. The monoisotopic (exact) mass is 419 g/mol. The lowest BCUT2D eigenvalue weighted by Crippen LogP contribution is -2.39. The number of benzene rings is 2. The summed E-state index contributed by atoms with van der Waals surface area (Å²) in [6.07, 6.45) is 4.57. The van der Waals surface area contributed by atoms with Gasteiger partial charge in [-0.15, -0.1) is 0 Å². The van der Waals surface area contributed by atoms with Crippen LogP contribution in [-0.2, 0) is 4.74 Å². The fraction of sp³-hybridized carbons (Fsp3) is 0.440. The number of hydrogen-bond acceptors (Lipinski definition) is 6. The highest BCUT2D eigenvalue weighted by Gasteiger charge is 2.23. The van der Waals surface area contributed by atoms with Crippen LogP contribution < -0.4 is 15.5 Å². The van der Waals surface area contributed by atoms with Gasteiger partial charge in [0.1, 0.15) is 5.82 Å². The predicted octanol–water partition coefficient (Wildman–Crippen LogP) is 4.40. The topological polar surface area (TPSA) is 62.3 Å². The maximum atomic E-state index is 5.70. The molecule has 1 heterocycles. The molecule has 1 atom stereocenters. The minimum atomic E-state index is 0.0903. The van der Waals surface area contributed by atoms with Crippen LogP contribution in [-0.4, -0.2) is 49.8 Å². The molecule has 1 aliphatic carbocycles. The second kappa shape index (κ2) is 10.1. The van der Waals surface area contributed by atoms with Gasteiger partial charge in [0.25, 0.3) is 0 Å². The first-order chi connectivity index (χ1) is 15.1. The third-order valence-corrected chi connectivity index (χ3v) is 6.11. The standard InChI is InChI=1S/C25H33N5O/c1-30(2)24-21-11-7-8-12-22(21)28-25(29-24)27-20-15-13-19(14-16-20)26-17-23(31-3)18-9-5-4-6-10-18/h4-12,19-20,23,26H,13-17H2,1-3H3,(H,27,28,29). The molecule has 1 saturated carbocycles. The molecule has 1 fully saturated rings. The molecule has 2 aromatic carbocycles. The lowest BCUT2D eigenvalue weighted by Gasteiger charge is -2.31. The summed E-state index contributed by atoms with van der Waals surface area (Å²) < 4.78 is 5.70. The van der Waals surface area contributed by atoms with E-state index in [-0.39, 0.29) is 6.10 Å². The molecule has 3 aromatic rings. The summed E-state index contributed by atoms with van der Waals surface area (Å²) in [5.74, 6) is 1.68. The van der Waals surface area contributed by atoms with E-state index in [0.29, 0.717) is 12.1 Å². The Labute approximate surface area is 185 Å². The van der Waals surface area contributed by atoms with Crippen LogP contribution >= 0.6 is 0 Å². The molecule has 0 spiro atoms. The number of ether oxygens (including phenoxy) is 1. The fourth-order valence-corrected chi connectivity index (χ4v) is 4.37. The Morgan fingerprint density at radius 3 is 2.32 bits per heavy atom. The highest BCUT2D eigenvalue weighted by Crippen LogP contribution is 2.26. The van der Waals surface area contributed by atoms with E-state index in [1.807, 2.05) is 32.3 Å². The smallest absolute Gasteiger partial charge is 0.225 e. The van der Waals surface area contributed by atoms with Gasteiger partial charge in [-0.1, -0.05) is 42.5 Å². The number of fused-ring (bicyclic) bond motifs is 1. The van der Waals surface area contributed by atoms with Crippen molar-refractivity contribution in [2.24, 2.45) is 0 Å². The zero-order valence-electron chi connectivity index (χ0n) is 18.7. The lowest BCUT2D eigenvalue weighted by atomic mass is 9.91. The maximum absolute atomic E-state index is 5.70. The van der Waals surface area contributed by atoms with Gasteiger partial charge >= 0.3 is 0 Å². The molecule has 4 rings (SSSR count). The van der Waals surface area contributed by atoms with E-state index in [0.717, 1.165) is 54.9 Å². The van der Waals surface area contributed by atoms with E-state index in [9.17, 15) is 0 Å². The first-order valence-electron chi connectivity index (χ1n) is 11.2. The third-order valence-electron chi connectivity index (χ3n) is 6.11. The summed E-state index contributed by atoms with van der Waals surface area (Å²) in [5.41, 5.74) is 2.20. The van der Waals surface area contributed by atoms with Gasteiger partial charge in [0.15, 0.2) is 0 Å². The molecular formula is C25H33N5O. The Balaban J connectivity index is 1.32. The number of anilines is 2. The van der Waals surface area contributed by atoms with E-state index >= 15 is 0 Å². The quantitative estimate of drug-likeness (QED) is 0.564. The van der Waals surface area contributed by atoms with Gasteiger partial charge in [-0.05, 0) is 43.4 Å². The van der Waals surface area contributed by atoms with Crippen molar-refractivity contribution < 1.29 is 4.74 Å².